The Labute approximate surface area is 181 Å². The van der Waals surface area contributed by atoms with E-state index in [2.05, 4.69) is 59.3 Å². The van der Waals surface area contributed by atoms with Crippen molar-refractivity contribution >= 4 is 28.3 Å². The highest BCUT2D eigenvalue weighted by Gasteiger charge is 2.12. The van der Waals surface area contributed by atoms with Crippen LogP contribution in [-0.4, -0.2) is 22.0 Å². The predicted octanol–water partition coefficient (Wildman–Crippen LogP) is 5.60. The number of benzene rings is 2. The molecule has 0 fully saturated rings. The van der Waals surface area contributed by atoms with E-state index in [1.807, 2.05) is 23.6 Å². The van der Waals surface area contributed by atoms with E-state index in [1.54, 1.807) is 0 Å². The van der Waals surface area contributed by atoms with Crippen LogP contribution in [0.3, 0.4) is 0 Å². The van der Waals surface area contributed by atoms with Gasteiger partial charge in [0.15, 0.2) is 0 Å². The molecule has 30 heavy (non-hydrogen) atoms. The Hall–Kier alpha value is -2.92. The van der Waals surface area contributed by atoms with E-state index in [0.29, 0.717) is 0 Å². The average molecular weight is 418 g/mol. The lowest BCUT2D eigenvalue weighted by molar-refractivity contribution is 0.0957. The summed E-state index contributed by atoms with van der Waals surface area (Å²) in [7, 11) is 0. The van der Waals surface area contributed by atoms with Crippen molar-refractivity contribution in [2.75, 3.05) is 6.54 Å². The van der Waals surface area contributed by atoms with Crippen LogP contribution in [0.4, 0.5) is 0 Å². The second-order valence-corrected chi connectivity index (χ2v) is 8.52. The Balaban J connectivity index is 1.35. The molecular formula is C25H27N3OS. The first kappa shape index (κ1) is 20.4. The van der Waals surface area contributed by atoms with Crippen molar-refractivity contribution in [2.24, 2.45) is 0 Å². The average Bonchev–Trinajstić information content (AvgIpc) is 3.41. The SMILES string of the molecule is Cc1ccccc1Cn1c(CCCCCNC(=O)c2cccs2)nc2ccccc21. The number of amides is 1. The number of nitrogens with zero attached hydrogens (tertiary/aromatic N) is 2. The number of para-hydroxylation sites is 2. The van der Waals surface area contributed by atoms with Crippen LogP contribution < -0.4 is 5.32 Å². The number of imidazole rings is 1. The van der Waals surface area contributed by atoms with Gasteiger partial charge in [0.1, 0.15) is 5.82 Å². The minimum absolute atomic E-state index is 0.0324. The van der Waals surface area contributed by atoms with Crippen LogP contribution in [0.25, 0.3) is 11.0 Å². The number of hydrogen-bond acceptors (Lipinski definition) is 3. The molecule has 4 aromatic rings. The van der Waals surface area contributed by atoms with Crippen molar-refractivity contribution in [3.05, 3.63) is 87.9 Å². The highest BCUT2D eigenvalue weighted by atomic mass is 32.1. The lowest BCUT2D eigenvalue weighted by Gasteiger charge is -2.12. The van der Waals surface area contributed by atoms with E-state index >= 15 is 0 Å². The van der Waals surface area contributed by atoms with E-state index in [4.69, 9.17) is 4.98 Å². The normalized spacial score (nSPS) is 11.1. The predicted molar refractivity (Wildman–Crippen MR) is 124 cm³/mol. The molecule has 0 atom stereocenters. The van der Waals surface area contributed by atoms with E-state index in [9.17, 15) is 4.79 Å². The fourth-order valence-electron chi connectivity index (χ4n) is 3.73. The van der Waals surface area contributed by atoms with Crippen molar-refractivity contribution < 1.29 is 4.79 Å². The van der Waals surface area contributed by atoms with Crippen LogP contribution in [-0.2, 0) is 13.0 Å². The number of aromatic nitrogens is 2. The summed E-state index contributed by atoms with van der Waals surface area (Å²) in [6.07, 6.45) is 4.05. The summed E-state index contributed by atoms with van der Waals surface area (Å²) in [5, 5.41) is 4.93. The van der Waals surface area contributed by atoms with E-state index in [0.717, 1.165) is 55.0 Å². The second-order valence-electron chi connectivity index (χ2n) is 7.57. The van der Waals surface area contributed by atoms with Crippen LogP contribution in [0.2, 0.25) is 0 Å². The number of rotatable bonds is 9. The molecule has 0 unspecified atom stereocenters. The van der Waals surface area contributed by atoms with Gasteiger partial charge < -0.3 is 9.88 Å². The first-order chi connectivity index (χ1) is 14.7. The van der Waals surface area contributed by atoms with Crippen LogP contribution in [0.5, 0.6) is 0 Å². The van der Waals surface area contributed by atoms with Gasteiger partial charge in [-0.3, -0.25) is 4.79 Å². The van der Waals surface area contributed by atoms with Crippen molar-refractivity contribution in [3.63, 3.8) is 0 Å². The summed E-state index contributed by atoms with van der Waals surface area (Å²) in [5.41, 5.74) is 4.89. The van der Waals surface area contributed by atoms with Gasteiger partial charge in [-0.15, -0.1) is 11.3 Å². The molecule has 4 nitrogen and oxygen atoms in total. The van der Waals surface area contributed by atoms with Crippen LogP contribution >= 0.6 is 11.3 Å². The molecule has 0 aliphatic heterocycles. The Morgan fingerprint density at radius 2 is 1.83 bits per heavy atom. The minimum Gasteiger partial charge on any atom is -0.351 e. The number of fused-ring (bicyclic) bond motifs is 1. The number of thiophene rings is 1. The van der Waals surface area contributed by atoms with Crippen molar-refractivity contribution in [3.8, 4) is 0 Å². The maximum absolute atomic E-state index is 12.0. The highest BCUT2D eigenvalue weighted by molar-refractivity contribution is 7.12. The molecule has 0 aliphatic carbocycles. The number of carbonyl (C=O) groups is 1. The second kappa shape index (κ2) is 9.72. The van der Waals surface area contributed by atoms with Crippen molar-refractivity contribution in [2.45, 2.75) is 39.2 Å². The summed E-state index contributed by atoms with van der Waals surface area (Å²) in [6.45, 7) is 3.73. The fourth-order valence-corrected chi connectivity index (χ4v) is 4.37. The molecular weight excluding hydrogens is 390 g/mol. The highest BCUT2D eigenvalue weighted by Crippen LogP contribution is 2.21. The van der Waals surface area contributed by atoms with Gasteiger partial charge in [0.25, 0.3) is 5.91 Å². The van der Waals surface area contributed by atoms with Crippen LogP contribution in [0.15, 0.2) is 66.0 Å². The summed E-state index contributed by atoms with van der Waals surface area (Å²) < 4.78 is 2.36. The molecule has 2 aromatic carbocycles. The third-order valence-corrected chi connectivity index (χ3v) is 6.30. The molecule has 2 aromatic heterocycles. The molecule has 154 valence electrons. The zero-order valence-electron chi connectivity index (χ0n) is 17.3. The monoisotopic (exact) mass is 417 g/mol. The van der Waals surface area contributed by atoms with Crippen LogP contribution in [0.1, 0.15) is 45.9 Å². The van der Waals surface area contributed by atoms with E-state index in [-0.39, 0.29) is 5.91 Å². The Morgan fingerprint density at radius 1 is 1.00 bits per heavy atom. The number of unbranched alkanes of at least 4 members (excludes halogenated alkanes) is 2. The quantitative estimate of drug-likeness (QED) is 0.361. The third-order valence-electron chi connectivity index (χ3n) is 5.43. The number of aryl methyl sites for hydroxylation is 2. The van der Waals surface area contributed by atoms with Crippen molar-refractivity contribution in [1.29, 1.82) is 0 Å². The Morgan fingerprint density at radius 3 is 2.67 bits per heavy atom. The zero-order valence-corrected chi connectivity index (χ0v) is 18.1. The molecule has 4 rings (SSSR count). The Kier molecular flexibility index (Phi) is 6.60. The van der Waals surface area contributed by atoms with E-state index in [1.165, 1.54) is 28.0 Å². The van der Waals surface area contributed by atoms with Gasteiger partial charge in [0.05, 0.1) is 15.9 Å². The maximum Gasteiger partial charge on any atom is 0.261 e. The first-order valence-corrected chi connectivity index (χ1v) is 11.4. The van der Waals surface area contributed by atoms with E-state index < -0.39 is 0 Å². The topological polar surface area (TPSA) is 46.9 Å². The lowest BCUT2D eigenvalue weighted by Crippen LogP contribution is -2.23. The molecule has 5 heteroatoms. The molecule has 1 N–H and O–H groups in total. The minimum atomic E-state index is 0.0324. The van der Waals surface area contributed by atoms with Gasteiger partial charge in [0.2, 0.25) is 0 Å². The lowest BCUT2D eigenvalue weighted by atomic mass is 10.1. The fraction of sp³-hybridized carbons (Fsp3) is 0.280. The molecule has 2 heterocycles. The van der Waals surface area contributed by atoms with Gasteiger partial charge >= 0.3 is 0 Å². The summed E-state index contributed by atoms with van der Waals surface area (Å²) >= 11 is 1.48. The summed E-state index contributed by atoms with van der Waals surface area (Å²) in [6, 6.07) is 20.7. The van der Waals surface area contributed by atoms with Gasteiger partial charge in [-0.05, 0) is 54.5 Å². The summed E-state index contributed by atoms with van der Waals surface area (Å²) in [5.74, 6) is 1.17. The molecule has 1 amide bonds. The number of carbonyl (C=O) groups excluding carboxylic acids is 1. The van der Waals surface area contributed by atoms with Crippen LogP contribution in [0, 0.1) is 6.92 Å². The molecule has 0 saturated carbocycles. The molecule has 0 spiro atoms. The summed E-state index contributed by atoms with van der Waals surface area (Å²) in [4.78, 5) is 17.7. The van der Waals surface area contributed by atoms with Gasteiger partial charge in [-0.2, -0.15) is 0 Å². The number of hydrogen-bond donors (Lipinski definition) is 1. The third kappa shape index (κ3) is 4.79. The van der Waals surface area contributed by atoms with Gasteiger partial charge in [-0.25, -0.2) is 4.98 Å². The largest absolute Gasteiger partial charge is 0.351 e. The standard InChI is InChI=1S/C25H27N3OS/c1-19-10-4-5-11-20(19)18-28-22-13-7-6-12-21(22)27-24(28)15-3-2-8-16-26-25(29)23-14-9-17-30-23/h4-7,9-14,17H,2-3,8,15-16,18H2,1H3,(H,26,29). The molecule has 0 aliphatic rings. The smallest absolute Gasteiger partial charge is 0.261 e. The van der Waals surface area contributed by atoms with Gasteiger partial charge in [-0.1, -0.05) is 48.9 Å². The molecule has 0 bridgehead atoms. The first-order valence-electron chi connectivity index (χ1n) is 10.5. The molecule has 0 radical (unpaired) electrons. The molecule has 0 saturated heterocycles. The maximum atomic E-state index is 12.0. The Bertz CT molecular complexity index is 1110. The van der Waals surface area contributed by atoms with Gasteiger partial charge in [0, 0.05) is 19.5 Å². The zero-order chi connectivity index (χ0) is 20.8. The van der Waals surface area contributed by atoms with Crippen molar-refractivity contribution in [1.82, 2.24) is 14.9 Å². The number of nitrogens with one attached hydrogen (secondary N) is 1.